The van der Waals surface area contributed by atoms with Crippen LogP contribution in [0.25, 0.3) is 12.2 Å². The minimum Gasteiger partial charge on any atom is -0.508 e. The van der Waals surface area contributed by atoms with Gasteiger partial charge in [0.15, 0.2) is 23.1 Å². The lowest BCUT2D eigenvalue weighted by Gasteiger charge is -2.25. The molecule has 22 heteroatoms. The van der Waals surface area contributed by atoms with E-state index in [0.717, 1.165) is 67.4 Å². The fraction of sp³-hybridized carbons (Fsp3) is 0.136. The number of carbonyl (C=O) groups excluding carboxylic acids is 10. The summed E-state index contributed by atoms with van der Waals surface area (Å²) in [5.41, 5.74) is 9.41. The number of halogens is 4. The van der Waals surface area contributed by atoms with Crippen LogP contribution in [-0.4, -0.2) is 86.2 Å². The molecule has 0 aliphatic heterocycles. The van der Waals surface area contributed by atoms with Gasteiger partial charge in [-0.3, -0.25) is 47.9 Å². The van der Waals surface area contributed by atoms with Gasteiger partial charge >= 0.3 is 0 Å². The molecule has 0 spiro atoms. The van der Waals surface area contributed by atoms with E-state index in [4.69, 9.17) is 46.4 Å². The number of aromatic hydroxyl groups is 3. The fourth-order valence-electron chi connectivity index (χ4n) is 12.7. The van der Waals surface area contributed by atoms with Crippen molar-refractivity contribution in [3.05, 3.63) is 333 Å². The number of hydrogen-bond acceptors (Lipinski definition) is 18. The number of ketones is 10. The predicted octanol–water partition coefficient (Wildman–Crippen LogP) is 18.9. The molecular weight excluding hydrogens is 1480 g/mol. The summed E-state index contributed by atoms with van der Waals surface area (Å²) < 4.78 is 0. The molecule has 6 aliphatic carbocycles. The van der Waals surface area contributed by atoms with Crippen LogP contribution in [0, 0.1) is 12.8 Å². The van der Waals surface area contributed by atoms with Crippen molar-refractivity contribution in [2.45, 2.75) is 59.3 Å². The summed E-state index contributed by atoms with van der Waals surface area (Å²) in [6.07, 6.45) is 11.9. The first-order chi connectivity index (χ1) is 53.0. The smallest absolute Gasteiger partial charge is 0.211 e. The van der Waals surface area contributed by atoms with E-state index in [0.29, 0.717) is 85.9 Å². The van der Waals surface area contributed by atoms with Crippen LogP contribution < -0.4 is 26.6 Å². The molecule has 0 radical (unpaired) electrons. The Kier molecular flexibility index (Phi) is 25.5. The zero-order chi connectivity index (χ0) is 78.4. The van der Waals surface area contributed by atoms with Gasteiger partial charge in [-0.2, -0.15) is 0 Å². The summed E-state index contributed by atoms with van der Waals surface area (Å²) >= 11 is 24.1. The van der Waals surface area contributed by atoms with Crippen molar-refractivity contribution in [2.75, 3.05) is 29.0 Å². The number of fused-ring (bicyclic) bond motifs is 5. The molecule has 554 valence electrons. The van der Waals surface area contributed by atoms with Crippen molar-refractivity contribution in [3.8, 4) is 17.2 Å². The van der Waals surface area contributed by atoms with Crippen LogP contribution in [0.2, 0.25) is 5.02 Å². The number of hydrogen-bond donors (Lipinski definition) is 8. The van der Waals surface area contributed by atoms with E-state index in [1.807, 2.05) is 99.7 Å². The second-order valence-electron chi connectivity index (χ2n) is 25.9. The number of phenols is 3. The van der Waals surface area contributed by atoms with Gasteiger partial charge < -0.3 is 41.9 Å². The molecule has 0 saturated heterocycles. The summed E-state index contributed by atoms with van der Waals surface area (Å²) in [7, 11) is 0. The Morgan fingerprint density at radius 1 is 0.373 bits per heavy atom. The van der Waals surface area contributed by atoms with E-state index in [1.165, 1.54) is 0 Å². The average molecular weight is 1550 g/mol. The molecule has 0 bridgehead atoms. The number of carbonyl (C=O) groups is 10. The van der Waals surface area contributed by atoms with Crippen molar-refractivity contribution in [2.24, 2.45) is 5.92 Å². The second kappa shape index (κ2) is 35.6. The van der Waals surface area contributed by atoms with Gasteiger partial charge in [-0.05, 0) is 110 Å². The van der Waals surface area contributed by atoms with Crippen LogP contribution in [0.1, 0.15) is 173 Å². The van der Waals surface area contributed by atoms with Crippen molar-refractivity contribution >= 4 is 139 Å². The van der Waals surface area contributed by atoms with E-state index in [9.17, 15) is 63.3 Å². The lowest BCUT2D eigenvalue weighted by molar-refractivity contribution is 0.0966. The highest BCUT2D eigenvalue weighted by Crippen LogP contribution is 2.48. The number of anilines is 4. The Morgan fingerprint density at radius 2 is 0.709 bits per heavy atom. The number of Topliss-reactive ketones (excluding diaryl/α,β-unsaturated/α-hetero) is 8. The third kappa shape index (κ3) is 17.3. The number of nitrogens with one attached hydrogen (secondary N) is 5. The van der Waals surface area contributed by atoms with Gasteiger partial charge in [0.05, 0.1) is 16.8 Å². The first kappa shape index (κ1) is 78.7. The minimum absolute atomic E-state index is 0.0119. The first-order valence-corrected chi connectivity index (χ1v) is 36.7. The van der Waals surface area contributed by atoms with E-state index in [-0.39, 0.29) is 112 Å². The van der Waals surface area contributed by atoms with Crippen LogP contribution in [0.3, 0.4) is 0 Å². The quantitative estimate of drug-likeness (QED) is 0.0269. The molecule has 0 atom stereocenters. The Labute approximate surface area is 653 Å². The number of allylic oxidation sites excluding steroid dienone is 10. The summed E-state index contributed by atoms with van der Waals surface area (Å²) in [6, 6.07) is 58.5. The summed E-state index contributed by atoms with van der Waals surface area (Å²) in [5.74, 6) is -3.67. The molecule has 6 aliphatic rings. The molecule has 8 N–H and O–H groups in total. The lowest BCUT2D eigenvalue weighted by atomic mass is 9.80. The zero-order valence-electron chi connectivity index (χ0n) is 59.5. The number of phenolic OH excluding ortho intramolecular Hbond substituents is 3. The average Bonchev–Trinajstić information content (AvgIpc) is 0.890. The van der Waals surface area contributed by atoms with E-state index in [1.54, 1.807) is 133 Å². The summed E-state index contributed by atoms with van der Waals surface area (Å²) in [6.45, 7) is 7.12. The second-order valence-corrected chi connectivity index (χ2v) is 27.4. The van der Waals surface area contributed by atoms with E-state index < -0.39 is 23.1 Å². The zero-order valence-corrected chi connectivity index (χ0v) is 62.6. The number of aryl methyl sites for hydroxylation is 1. The molecule has 1 saturated carbocycles. The molecule has 110 heavy (non-hydrogen) atoms. The van der Waals surface area contributed by atoms with Gasteiger partial charge in [-0.15, -0.1) is 0 Å². The summed E-state index contributed by atoms with van der Waals surface area (Å²) in [4.78, 5) is 123. The Balaban J connectivity index is 0.000000138. The SMILES string of the molecule is CCCNC1=C(Cl)C(=O)c2ccccc2C1=O.CCCNC1=C(Cl)C(=O)c2ccccc2C1=O.Cc1ccc(Nc2c(O)c3c(c(O)c2Cl)C(=O)C=CC3=O)cc1.O=C1C(Cl)=C(Nc2ccc(/C=C/c3ccccc3)cc2)C(=O)c2ccccc21.O=C1C(Nc2ccc(O)cc2)=C(C2CCCC2)C(=O)c2ccccc21. The van der Waals surface area contributed by atoms with E-state index >= 15 is 0 Å². The van der Waals surface area contributed by atoms with Crippen LogP contribution in [-0.2, 0) is 0 Å². The molecule has 9 aromatic rings. The minimum atomic E-state index is -0.587. The van der Waals surface area contributed by atoms with Crippen molar-refractivity contribution < 1.29 is 63.3 Å². The maximum absolute atomic E-state index is 13.1. The monoisotopic (exact) mass is 1550 g/mol. The number of rotatable bonds is 15. The first-order valence-electron chi connectivity index (χ1n) is 35.2. The predicted molar refractivity (Wildman–Crippen MR) is 429 cm³/mol. The van der Waals surface area contributed by atoms with E-state index in [2.05, 4.69) is 26.6 Å². The highest BCUT2D eigenvalue weighted by Gasteiger charge is 2.39. The van der Waals surface area contributed by atoms with Crippen LogP contribution in [0.4, 0.5) is 22.7 Å². The third-order valence-corrected chi connectivity index (χ3v) is 19.8. The molecule has 0 aromatic heterocycles. The molecule has 18 nitrogen and oxygen atoms in total. The van der Waals surface area contributed by atoms with Gasteiger partial charge in [0.2, 0.25) is 40.5 Å². The Bertz CT molecular complexity index is 5330. The van der Waals surface area contributed by atoms with Crippen LogP contribution in [0.15, 0.2) is 256 Å². The molecule has 0 amide bonds. The molecule has 1 fully saturated rings. The molecule has 15 rings (SSSR count). The summed E-state index contributed by atoms with van der Waals surface area (Å²) in [5, 5.41) is 44.5. The maximum Gasteiger partial charge on any atom is 0.211 e. The topological polar surface area (TPSA) is 292 Å². The molecule has 9 aromatic carbocycles. The van der Waals surface area contributed by atoms with Gasteiger partial charge in [-0.1, -0.05) is 242 Å². The highest BCUT2D eigenvalue weighted by atomic mass is 35.5. The van der Waals surface area contributed by atoms with Crippen molar-refractivity contribution in [1.82, 2.24) is 10.6 Å². The third-order valence-electron chi connectivity index (χ3n) is 18.4. The lowest BCUT2D eigenvalue weighted by Crippen LogP contribution is -2.29. The largest absolute Gasteiger partial charge is 0.508 e. The van der Waals surface area contributed by atoms with Gasteiger partial charge in [0, 0.05) is 80.2 Å². The fourth-order valence-corrected chi connectivity index (χ4v) is 13.7. The van der Waals surface area contributed by atoms with Crippen LogP contribution in [0.5, 0.6) is 17.2 Å². The Morgan fingerprint density at radius 3 is 1.15 bits per heavy atom. The van der Waals surface area contributed by atoms with Gasteiger partial charge in [-0.25, -0.2) is 0 Å². The van der Waals surface area contributed by atoms with Crippen molar-refractivity contribution in [3.63, 3.8) is 0 Å². The standard InChI is InChI=1S/C24H16ClNO2.C21H19NO3.C17H12ClNO4.2C13H12ClNO2/c25-21-22(24(28)20-9-5-4-8-19(20)23(21)27)26-18-14-12-17(13-15-18)11-10-16-6-2-1-3-7-16;23-15-11-9-14(10-12-15)22-19-18(13-5-1-2-6-13)20(24)16-7-3-4-8-17(16)21(19)25;1-8-2-4-9(5-3-8)19-15-14(18)16(22)12-10(20)6-7-11(21)13(12)17(15)23;2*1-2-7-15-11-10(14)12(16)8-5-3-4-6-9(8)13(11)17/h1-15,26H;3-4,7-13,22-23H,1-2,5-6H2;2-7,19,22-23H,1H3;2*3-6,15H,2,7H2,1H3/b11-10+;;;;. The maximum atomic E-state index is 13.1. The van der Waals surface area contributed by atoms with Crippen molar-refractivity contribution in [1.29, 1.82) is 0 Å². The van der Waals surface area contributed by atoms with Crippen LogP contribution >= 0.6 is 46.4 Å². The molecule has 0 heterocycles. The van der Waals surface area contributed by atoms with Gasteiger partial charge in [0.25, 0.3) is 0 Å². The number of benzene rings is 9. The normalized spacial score (nSPS) is 14.9. The van der Waals surface area contributed by atoms with Gasteiger partial charge in [0.1, 0.15) is 54.4 Å². The molecule has 0 unspecified atom stereocenters. The Hall–Kier alpha value is -12.3. The molecular formula is C88H71Cl4N5O13. The highest BCUT2D eigenvalue weighted by molar-refractivity contribution is 6.51.